The van der Waals surface area contributed by atoms with Crippen molar-refractivity contribution in [2.24, 2.45) is 0 Å². The van der Waals surface area contributed by atoms with Gasteiger partial charge in [0.25, 0.3) is 0 Å². The van der Waals surface area contributed by atoms with Crippen molar-refractivity contribution < 1.29 is 0 Å². The molecule has 0 N–H and O–H groups in total. The summed E-state index contributed by atoms with van der Waals surface area (Å²) in [6.45, 7) is 0. The van der Waals surface area contributed by atoms with Crippen LogP contribution < -0.4 is 0 Å². The van der Waals surface area contributed by atoms with E-state index >= 15 is 0 Å². The van der Waals surface area contributed by atoms with E-state index in [1.807, 2.05) is 0 Å². The molecule has 0 atom stereocenters. The lowest BCUT2D eigenvalue weighted by molar-refractivity contribution is 1.60. The van der Waals surface area contributed by atoms with Gasteiger partial charge in [-0.3, -0.25) is 0 Å². The van der Waals surface area contributed by atoms with Crippen LogP contribution in [0.25, 0.3) is 21.5 Å². The van der Waals surface area contributed by atoms with Gasteiger partial charge in [-0.15, -0.1) is 0 Å². The third-order valence-corrected chi connectivity index (χ3v) is 4.39. The lowest BCUT2D eigenvalue weighted by Gasteiger charge is -2.07. The molecule has 0 saturated heterocycles. The molecular weight excluding hydrogens is 224 g/mol. The topological polar surface area (TPSA) is 0 Å². The Bertz CT molecular complexity index is 629. The summed E-state index contributed by atoms with van der Waals surface area (Å²) in [5.74, 6) is 0. The summed E-state index contributed by atoms with van der Waals surface area (Å²) in [5.41, 5.74) is 0. The van der Waals surface area contributed by atoms with Gasteiger partial charge in [-0.1, -0.05) is 36.4 Å². The zero-order valence-corrected chi connectivity index (χ0v) is 10.9. The zero-order chi connectivity index (χ0) is 11.8. The second-order valence-corrected chi connectivity index (χ2v) is 6.51. The Balaban J connectivity index is 2.56. The standard InChI is InChI=1S/C16H15S/c1-17(2)16-14-9-5-3-7-12(14)11-13-8-4-6-10-15(13)16/h3-11H,1-2H3/q+1. The van der Waals surface area contributed by atoms with Gasteiger partial charge in [0, 0.05) is 21.7 Å². The summed E-state index contributed by atoms with van der Waals surface area (Å²) >= 11 is 0. The molecule has 0 radical (unpaired) electrons. The van der Waals surface area contributed by atoms with E-state index in [1.54, 1.807) is 0 Å². The highest BCUT2D eigenvalue weighted by atomic mass is 32.2. The highest BCUT2D eigenvalue weighted by Crippen LogP contribution is 2.31. The monoisotopic (exact) mass is 239 g/mol. The van der Waals surface area contributed by atoms with Crippen LogP contribution in [0, 0.1) is 0 Å². The lowest BCUT2D eigenvalue weighted by atomic mass is 10.0. The predicted molar refractivity (Wildman–Crippen MR) is 78.9 cm³/mol. The lowest BCUT2D eigenvalue weighted by Crippen LogP contribution is -1.98. The fourth-order valence-electron chi connectivity index (χ4n) is 2.41. The minimum atomic E-state index is 0.272. The van der Waals surface area contributed by atoms with Crippen LogP contribution >= 0.6 is 0 Å². The van der Waals surface area contributed by atoms with E-state index in [4.69, 9.17) is 0 Å². The summed E-state index contributed by atoms with van der Waals surface area (Å²) in [7, 11) is 0.272. The molecule has 0 saturated carbocycles. The van der Waals surface area contributed by atoms with E-state index in [2.05, 4.69) is 67.1 Å². The normalized spacial score (nSPS) is 11.5. The van der Waals surface area contributed by atoms with E-state index < -0.39 is 0 Å². The van der Waals surface area contributed by atoms with Gasteiger partial charge in [0.2, 0.25) is 0 Å². The highest BCUT2D eigenvalue weighted by Gasteiger charge is 2.17. The average Bonchev–Trinajstić information content (AvgIpc) is 2.35. The Morgan fingerprint density at radius 3 is 1.65 bits per heavy atom. The van der Waals surface area contributed by atoms with Crippen molar-refractivity contribution in [3.05, 3.63) is 54.6 Å². The molecule has 0 bridgehead atoms. The van der Waals surface area contributed by atoms with Crippen LogP contribution in [0.15, 0.2) is 59.5 Å². The third kappa shape index (κ3) is 1.71. The van der Waals surface area contributed by atoms with Crippen LogP contribution in [-0.4, -0.2) is 12.5 Å². The molecule has 0 aromatic heterocycles. The van der Waals surface area contributed by atoms with Gasteiger partial charge in [-0.05, 0) is 29.0 Å². The minimum Gasteiger partial charge on any atom is -0.0616 e. The number of hydrogen-bond acceptors (Lipinski definition) is 0. The van der Waals surface area contributed by atoms with E-state index in [0.717, 1.165) is 0 Å². The zero-order valence-electron chi connectivity index (χ0n) is 10.1. The Morgan fingerprint density at radius 1 is 0.706 bits per heavy atom. The molecule has 0 aliphatic heterocycles. The van der Waals surface area contributed by atoms with Crippen molar-refractivity contribution in [3.8, 4) is 0 Å². The maximum atomic E-state index is 2.30. The van der Waals surface area contributed by atoms with Crippen molar-refractivity contribution in [1.82, 2.24) is 0 Å². The average molecular weight is 239 g/mol. The summed E-state index contributed by atoms with van der Waals surface area (Å²) in [6, 6.07) is 19.7. The Kier molecular flexibility index (Phi) is 2.56. The van der Waals surface area contributed by atoms with Crippen molar-refractivity contribution in [1.29, 1.82) is 0 Å². The van der Waals surface area contributed by atoms with Crippen LogP contribution in [0.2, 0.25) is 0 Å². The second kappa shape index (κ2) is 4.08. The number of benzene rings is 3. The molecule has 3 rings (SSSR count). The van der Waals surface area contributed by atoms with Crippen LogP contribution in [0.3, 0.4) is 0 Å². The SMILES string of the molecule is C[S+](C)c1c2ccccc2cc2ccccc12. The highest BCUT2D eigenvalue weighted by molar-refractivity contribution is 7.96. The van der Waals surface area contributed by atoms with Gasteiger partial charge in [-0.2, -0.15) is 0 Å². The Morgan fingerprint density at radius 2 is 1.18 bits per heavy atom. The molecule has 17 heavy (non-hydrogen) atoms. The van der Waals surface area contributed by atoms with Gasteiger partial charge in [0.1, 0.15) is 12.5 Å². The number of fused-ring (bicyclic) bond motifs is 2. The first-order valence-corrected chi connectivity index (χ1v) is 7.79. The van der Waals surface area contributed by atoms with Crippen LogP contribution in [0.4, 0.5) is 0 Å². The van der Waals surface area contributed by atoms with Crippen molar-refractivity contribution in [2.45, 2.75) is 4.90 Å². The molecular formula is C16H15S+. The number of rotatable bonds is 1. The largest absolute Gasteiger partial charge is 0.169 e. The minimum absolute atomic E-state index is 0.272. The smallest absolute Gasteiger partial charge is 0.0616 e. The summed E-state index contributed by atoms with van der Waals surface area (Å²) in [5, 5.41) is 5.50. The van der Waals surface area contributed by atoms with Crippen molar-refractivity contribution in [3.63, 3.8) is 0 Å². The molecule has 0 unspecified atom stereocenters. The summed E-state index contributed by atoms with van der Waals surface area (Å²) < 4.78 is 0. The molecule has 0 spiro atoms. The Labute approximate surface area is 105 Å². The van der Waals surface area contributed by atoms with Crippen LogP contribution in [0.5, 0.6) is 0 Å². The quantitative estimate of drug-likeness (QED) is 0.440. The fraction of sp³-hybridized carbons (Fsp3) is 0.125. The van der Waals surface area contributed by atoms with Gasteiger partial charge in [0.15, 0.2) is 4.90 Å². The van der Waals surface area contributed by atoms with E-state index in [9.17, 15) is 0 Å². The maximum absolute atomic E-state index is 2.30. The molecule has 3 aromatic rings. The van der Waals surface area contributed by atoms with E-state index in [-0.39, 0.29) is 10.9 Å². The molecule has 0 fully saturated rings. The molecule has 84 valence electrons. The van der Waals surface area contributed by atoms with Crippen molar-refractivity contribution >= 4 is 32.4 Å². The Hall–Kier alpha value is -1.47. The van der Waals surface area contributed by atoms with Gasteiger partial charge >= 0.3 is 0 Å². The first-order chi connectivity index (χ1) is 8.27. The first-order valence-electron chi connectivity index (χ1n) is 5.75. The van der Waals surface area contributed by atoms with Gasteiger partial charge in [-0.25, -0.2) is 0 Å². The van der Waals surface area contributed by atoms with Gasteiger partial charge in [0.05, 0.1) is 0 Å². The molecule has 3 aromatic carbocycles. The van der Waals surface area contributed by atoms with E-state index in [0.29, 0.717) is 0 Å². The van der Waals surface area contributed by atoms with Gasteiger partial charge < -0.3 is 0 Å². The third-order valence-electron chi connectivity index (χ3n) is 3.13. The molecule has 0 heterocycles. The fourth-order valence-corrected chi connectivity index (χ4v) is 3.66. The predicted octanol–water partition coefficient (Wildman–Crippen LogP) is 4.23. The second-order valence-electron chi connectivity index (χ2n) is 4.46. The molecule has 0 amide bonds. The summed E-state index contributed by atoms with van der Waals surface area (Å²) in [6.07, 6.45) is 4.60. The van der Waals surface area contributed by atoms with Crippen molar-refractivity contribution in [2.75, 3.05) is 12.5 Å². The molecule has 0 aliphatic rings. The number of hydrogen-bond donors (Lipinski definition) is 0. The first kappa shape index (κ1) is 10.7. The van der Waals surface area contributed by atoms with Crippen LogP contribution in [0.1, 0.15) is 0 Å². The van der Waals surface area contributed by atoms with E-state index in [1.165, 1.54) is 26.4 Å². The maximum Gasteiger partial charge on any atom is 0.169 e. The molecule has 1 heteroatoms. The van der Waals surface area contributed by atoms with Crippen LogP contribution in [-0.2, 0) is 10.9 Å². The molecule has 0 nitrogen and oxygen atoms in total. The molecule has 0 aliphatic carbocycles. The summed E-state index contributed by atoms with van der Waals surface area (Å²) in [4.78, 5) is 1.50.